The molecule has 1 aromatic rings. The van der Waals surface area contributed by atoms with Crippen molar-refractivity contribution in [1.29, 1.82) is 0 Å². The van der Waals surface area contributed by atoms with E-state index >= 15 is 0 Å². The Morgan fingerprint density at radius 1 is 1.23 bits per heavy atom. The normalized spacial score (nSPS) is 10.9. The van der Waals surface area contributed by atoms with Crippen molar-refractivity contribution in [1.82, 2.24) is 0 Å². The van der Waals surface area contributed by atoms with Crippen molar-refractivity contribution >= 4 is 34.8 Å². The molecule has 0 aliphatic rings. The Bertz CT molecular complexity index is 289. The fourth-order valence-corrected chi connectivity index (χ4v) is 1.49. The van der Waals surface area contributed by atoms with Gasteiger partial charge in [-0.2, -0.15) is 0 Å². The van der Waals surface area contributed by atoms with E-state index in [1.54, 1.807) is 19.1 Å². The van der Waals surface area contributed by atoms with Crippen LogP contribution in [0.1, 0.15) is 12.5 Å². The summed E-state index contributed by atoms with van der Waals surface area (Å²) in [5.74, 6) is 0.806. The molecule has 71 valence electrons. The van der Waals surface area contributed by atoms with Crippen molar-refractivity contribution in [3.63, 3.8) is 0 Å². The Labute approximate surface area is 92.2 Å². The lowest BCUT2D eigenvalue weighted by Crippen LogP contribution is -1.99. The molecule has 0 unspecified atom stereocenters. The third-order valence-corrected chi connectivity index (χ3v) is 2.91. The molecular weight excluding hydrogens is 230 g/mol. The van der Waals surface area contributed by atoms with E-state index in [-0.39, 0.29) is 6.61 Å². The smallest absolute Gasteiger partial charge is 0.0778 e. The minimum Gasteiger partial charge on any atom is -0.395 e. The predicted octanol–water partition coefficient (Wildman–Crippen LogP) is 3.58. The van der Waals surface area contributed by atoms with Crippen LogP contribution in [-0.2, 0) is 0 Å². The number of hydrogen-bond donors (Lipinski definition) is 1. The van der Waals surface area contributed by atoms with E-state index in [9.17, 15) is 0 Å². The van der Waals surface area contributed by atoms with Crippen LogP contribution in [0.3, 0.4) is 0 Å². The van der Waals surface area contributed by atoms with E-state index in [0.29, 0.717) is 15.1 Å². The standard InChI is InChI=1S/C9H8Cl3O/c1-5(4-13)6-2-7(10)9(12)8(11)3-6/h2-3,13H,4H2,1H3. The second-order valence-corrected chi connectivity index (χ2v) is 3.88. The van der Waals surface area contributed by atoms with Crippen molar-refractivity contribution in [3.8, 4) is 0 Å². The van der Waals surface area contributed by atoms with Crippen LogP contribution in [-0.4, -0.2) is 11.7 Å². The second-order valence-electron chi connectivity index (χ2n) is 2.69. The number of benzene rings is 1. The average molecular weight is 239 g/mol. The van der Waals surface area contributed by atoms with Crippen molar-refractivity contribution in [2.75, 3.05) is 6.61 Å². The molecule has 1 N–H and O–H groups in total. The predicted molar refractivity (Wildman–Crippen MR) is 56.6 cm³/mol. The summed E-state index contributed by atoms with van der Waals surface area (Å²) in [5.41, 5.74) is 0.807. The number of hydrogen-bond acceptors (Lipinski definition) is 1. The van der Waals surface area contributed by atoms with Crippen LogP contribution in [0.25, 0.3) is 0 Å². The molecule has 0 amide bonds. The van der Waals surface area contributed by atoms with E-state index in [0.717, 1.165) is 11.5 Å². The zero-order chi connectivity index (χ0) is 10.0. The zero-order valence-corrected chi connectivity index (χ0v) is 9.21. The highest BCUT2D eigenvalue weighted by atomic mass is 35.5. The summed E-state index contributed by atoms with van der Waals surface area (Å²) in [7, 11) is 0. The zero-order valence-electron chi connectivity index (χ0n) is 6.94. The summed E-state index contributed by atoms with van der Waals surface area (Å²) in [5, 5.41) is 10.0. The Kier molecular flexibility index (Phi) is 3.87. The van der Waals surface area contributed by atoms with Gasteiger partial charge in [0.2, 0.25) is 0 Å². The Morgan fingerprint density at radius 2 is 1.69 bits per heavy atom. The molecule has 0 saturated carbocycles. The van der Waals surface area contributed by atoms with Crippen LogP contribution in [0.15, 0.2) is 12.1 Å². The summed E-state index contributed by atoms with van der Waals surface area (Å²) in [6.07, 6.45) is 0. The topological polar surface area (TPSA) is 20.2 Å². The monoisotopic (exact) mass is 237 g/mol. The maximum atomic E-state index is 8.88. The van der Waals surface area contributed by atoms with Crippen LogP contribution in [0.4, 0.5) is 0 Å². The highest BCUT2D eigenvalue weighted by molar-refractivity contribution is 6.48. The molecule has 0 saturated heterocycles. The Hall–Kier alpha value is 0.0500. The van der Waals surface area contributed by atoms with Gasteiger partial charge in [0.05, 0.1) is 21.7 Å². The Balaban J connectivity index is 3.13. The summed E-state index contributed by atoms with van der Waals surface area (Å²) in [6, 6.07) is 3.36. The van der Waals surface area contributed by atoms with Gasteiger partial charge in [0.25, 0.3) is 0 Å². The molecule has 1 nitrogen and oxygen atoms in total. The van der Waals surface area contributed by atoms with Gasteiger partial charge in [-0.15, -0.1) is 0 Å². The van der Waals surface area contributed by atoms with Gasteiger partial charge < -0.3 is 5.11 Å². The molecule has 1 rings (SSSR count). The summed E-state index contributed by atoms with van der Waals surface area (Å²) < 4.78 is 0. The first-order chi connectivity index (χ1) is 6.06. The maximum absolute atomic E-state index is 8.88. The molecule has 0 heterocycles. The van der Waals surface area contributed by atoms with Crippen LogP contribution in [0.2, 0.25) is 15.1 Å². The molecule has 0 aliphatic carbocycles. The molecule has 13 heavy (non-hydrogen) atoms. The quantitative estimate of drug-likeness (QED) is 0.781. The summed E-state index contributed by atoms with van der Waals surface area (Å²) in [4.78, 5) is 0. The van der Waals surface area contributed by atoms with Crippen molar-refractivity contribution < 1.29 is 5.11 Å². The van der Waals surface area contributed by atoms with E-state index in [4.69, 9.17) is 39.9 Å². The molecule has 0 aliphatic heterocycles. The van der Waals surface area contributed by atoms with Crippen LogP contribution < -0.4 is 0 Å². The van der Waals surface area contributed by atoms with Gasteiger partial charge in [-0.05, 0) is 17.7 Å². The van der Waals surface area contributed by atoms with E-state index in [1.807, 2.05) is 0 Å². The number of rotatable bonds is 2. The van der Waals surface area contributed by atoms with Crippen molar-refractivity contribution in [2.24, 2.45) is 0 Å². The molecule has 0 bridgehead atoms. The molecule has 1 radical (unpaired) electrons. The maximum Gasteiger partial charge on any atom is 0.0778 e. The minimum atomic E-state index is -0.0196. The molecule has 0 spiro atoms. The minimum absolute atomic E-state index is 0.0196. The van der Waals surface area contributed by atoms with Gasteiger partial charge in [-0.3, -0.25) is 0 Å². The van der Waals surface area contributed by atoms with Gasteiger partial charge in [0.1, 0.15) is 0 Å². The van der Waals surface area contributed by atoms with Crippen molar-refractivity contribution in [2.45, 2.75) is 6.92 Å². The van der Waals surface area contributed by atoms with E-state index in [2.05, 4.69) is 0 Å². The second kappa shape index (κ2) is 4.52. The summed E-state index contributed by atoms with van der Waals surface area (Å²) in [6.45, 7) is 1.78. The van der Waals surface area contributed by atoms with E-state index in [1.165, 1.54) is 0 Å². The largest absolute Gasteiger partial charge is 0.395 e. The molecular formula is C9H8Cl3O. The van der Waals surface area contributed by atoms with Crippen LogP contribution in [0, 0.1) is 5.92 Å². The highest BCUT2D eigenvalue weighted by Gasteiger charge is 2.10. The van der Waals surface area contributed by atoms with Gasteiger partial charge >= 0.3 is 0 Å². The van der Waals surface area contributed by atoms with Gasteiger partial charge in [-0.25, -0.2) is 0 Å². The van der Waals surface area contributed by atoms with E-state index < -0.39 is 0 Å². The SMILES string of the molecule is C[C](CO)c1cc(Cl)c(Cl)c(Cl)c1. The third-order valence-electron chi connectivity index (χ3n) is 1.71. The Morgan fingerprint density at radius 3 is 2.08 bits per heavy atom. The first-order valence-corrected chi connectivity index (χ1v) is 4.78. The van der Waals surface area contributed by atoms with Crippen LogP contribution in [0.5, 0.6) is 0 Å². The highest BCUT2D eigenvalue weighted by Crippen LogP contribution is 2.33. The molecule has 0 atom stereocenters. The molecule has 0 aromatic heterocycles. The first-order valence-electron chi connectivity index (χ1n) is 3.64. The lowest BCUT2D eigenvalue weighted by atomic mass is 10.0. The molecule has 1 aromatic carbocycles. The summed E-state index contributed by atoms with van der Waals surface area (Å²) >= 11 is 17.4. The molecule has 0 fully saturated rings. The number of aliphatic hydroxyl groups is 1. The van der Waals surface area contributed by atoms with Gasteiger partial charge in [-0.1, -0.05) is 41.7 Å². The lowest BCUT2D eigenvalue weighted by Gasteiger charge is -2.09. The van der Waals surface area contributed by atoms with Gasteiger partial charge in [0, 0.05) is 5.92 Å². The lowest BCUT2D eigenvalue weighted by molar-refractivity contribution is 0.315. The fraction of sp³-hybridized carbons (Fsp3) is 0.222. The van der Waals surface area contributed by atoms with Crippen molar-refractivity contribution in [3.05, 3.63) is 38.7 Å². The average Bonchev–Trinajstić information content (AvgIpc) is 2.12. The van der Waals surface area contributed by atoms with Gasteiger partial charge in [0.15, 0.2) is 0 Å². The fourth-order valence-electron chi connectivity index (χ4n) is 0.893. The first kappa shape index (κ1) is 11.1. The molecule has 4 heteroatoms. The number of halogens is 3. The number of aliphatic hydroxyl groups excluding tert-OH is 1. The third kappa shape index (κ3) is 2.50. The van der Waals surface area contributed by atoms with Crippen LogP contribution >= 0.6 is 34.8 Å².